The lowest BCUT2D eigenvalue weighted by molar-refractivity contribution is 1.09. The highest BCUT2D eigenvalue weighted by Gasteiger charge is 2.25. The van der Waals surface area contributed by atoms with E-state index >= 15 is 0 Å². The molecule has 3 heterocycles. The number of hydrogen-bond donors (Lipinski definition) is 0. The second kappa shape index (κ2) is 11.3. The maximum absolute atomic E-state index is 5.46. The van der Waals surface area contributed by atoms with Gasteiger partial charge in [0.2, 0.25) is 0 Å². The summed E-state index contributed by atoms with van der Waals surface area (Å²) in [5, 5.41) is 7.48. The summed E-state index contributed by atoms with van der Waals surface area (Å²) in [6, 6.07) is 63.5. The van der Waals surface area contributed by atoms with Crippen molar-refractivity contribution in [2.24, 2.45) is 0 Å². The van der Waals surface area contributed by atoms with Crippen LogP contribution in [0.5, 0.6) is 0 Å². The molecule has 2 aromatic heterocycles. The van der Waals surface area contributed by atoms with Crippen LogP contribution in [0.3, 0.4) is 0 Å². The van der Waals surface area contributed by atoms with Crippen molar-refractivity contribution in [1.82, 2.24) is 14.5 Å². The van der Waals surface area contributed by atoms with E-state index < -0.39 is 0 Å². The van der Waals surface area contributed by atoms with Crippen LogP contribution in [-0.4, -0.2) is 14.5 Å². The van der Waals surface area contributed by atoms with E-state index in [-0.39, 0.29) is 0 Å². The van der Waals surface area contributed by atoms with E-state index in [0.717, 1.165) is 45.2 Å². The molecule has 2 bridgehead atoms. The number of rotatable bonds is 3. The molecule has 1 aliphatic rings. The Balaban J connectivity index is 1.18. The molecule has 0 aliphatic carbocycles. The molecule has 0 saturated heterocycles. The molecule has 3 heteroatoms. The van der Waals surface area contributed by atoms with Crippen molar-refractivity contribution in [3.05, 3.63) is 187 Å². The van der Waals surface area contributed by atoms with Gasteiger partial charge in [0, 0.05) is 44.8 Å². The van der Waals surface area contributed by atoms with Gasteiger partial charge in [0.05, 0.1) is 28.1 Å². The Labute approximate surface area is 301 Å². The first-order chi connectivity index (χ1) is 25.8. The third kappa shape index (κ3) is 4.46. The van der Waals surface area contributed by atoms with Gasteiger partial charge in [-0.1, -0.05) is 158 Å². The van der Waals surface area contributed by atoms with E-state index in [1.807, 2.05) is 6.07 Å². The summed E-state index contributed by atoms with van der Waals surface area (Å²) in [6.07, 6.45) is 0.707. The predicted octanol–water partition coefficient (Wildman–Crippen LogP) is 12.5. The molecule has 0 spiro atoms. The first kappa shape index (κ1) is 28.9. The van der Waals surface area contributed by atoms with Gasteiger partial charge in [-0.25, -0.2) is 9.97 Å². The fourth-order valence-corrected chi connectivity index (χ4v) is 8.28. The van der Waals surface area contributed by atoms with Crippen molar-refractivity contribution in [2.45, 2.75) is 6.42 Å². The van der Waals surface area contributed by atoms with Crippen molar-refractivity contribution in [2.75, 3.05) is 0 Å². The molecule has 242 valence electrons. The number of benzene rings is 8. The average molecular weight is 662 g/mol. The molecule has 8 aromatic carbocycles. The Hall–Kier alpha value is -6.84. The maximum atomic E-state index is 5.46. The number of para-hydroxylation sites is 1. The van der Waals surface area contributed by atoms with Crippen LogP contribution in [-0.2, 0) is 6.42 Å². The normalized spacial score (nSPS) is 12.2. The van der Waals surface area contributed by atoms with Crippen molar-refractivity contribution < 1.29 is 0 Å². The number of fused-ring (bicyclic) bond motifs is 11. The number of nitrogens with zero attached hydrogens (tertiary/aromatic N) is 3. The second-order valence-electron chi connectivity index (χ2n) is 13.8. The van der Waals surface area contributed by atoms with Gasteiger partial charge in [-0.2, -0.15) is 0 Å². The molecule has 0 N–H and O–H groups in total. The second-order valence-corrected chi connectivity index (χ2v) is 13.8. The largest absolute Gasteiger partial charge is 0.308 e. The monoisotopic (exact) mass is 661 g/mol. The SMILES string of the molecule is c1ccc(-c2nc(-c3ccc(-c4ccc5ccccc5c4)cc3)c3c(n2)-c2ccccc2-n2c4cc(ccc4c4ccc5ccccc5c42)C3)cc1. The van der Waals surface area contributed by atoms with Crippen molar-refractivity contribution >= 4 is 43.4 Å². The van der Waals surface area contributed by atoms with Crippen LogP contribution in [0.25, 0.3) is 94.1 Å². The molecule has 11 rings (SSSR count). The molecular formula is C49H31N3. The standard InChI is InChI=1S/C49H31N3/c1-2-12-36(13-3-1)49-50-46(35-22-19-33(20-23-35)38-24-21-32-10-4-5-14-37(32)30-38)43-28-31-18-26-40-41-27-25-34-11-6-7-15-39(34)48(41)52(45(40)29-31)44-17-9-8-16-42(44)47(43)51-49/h1-27,29-30H,28H2. The summed E-state index contributed by atoms with van der Waals surface area (Å²) in [7, 11) is 0. The maximum Gasteiger partial charge on any atom is 0.160 e. The quantitative estimate of drug-likeness (QED) is 0.189. The van der Waals surface area contributed by atoms with Crippen molar-refractivity contribution in [3.8, 4) is 50.7 Å². The Bertz CT molecular complexity index is 3030. The van der Waals surface area contributed by atoms with Crippen LogP contribution in [0, 0.1) is 0 Å². The van der Waals surface area contributed by atoms with Crippen LogP contribution < -0.4 is 0 Å². The van der Waals surface area contributed by atoms with Crippen molar-refractivity contribution in [3.63, 3.8) is 0 Å². The van der Waals surface area contributed by atoms with Gasteiger partial charge in [-0.3, -0.25) is 0 Å². The fourth-order valence-electron chi connectivity index (χ4n) is 8.28. The summed E-state index contributed by atoms with van der Waals surface area (Å²) in [6.45, 7) is 0. The van der Waals surface area contributed by atoms with Crippen LogP contribution in [0.2, 0.25) is 0 Å². The number of hydrogen-bond acceptors (Lipinski definition) is 2. The van der Waals surface area contributed by atoms with Gasteiger partial charge < -0.3 is 4.57 Å². The van der Waals surface area contributed by atoms with Gasteiger partial charge in [0.15, 0.2) is 5.82 Å². The van der Waals surface area contributed by atoms with E-state index in [0.29, 0.717) is 6.42 Å². The summed E-state index contributed by atoms with van der Waals surface area (Å²) in [4.78, 5) is 10.8. The highest BCUT2D eigenvalue weighted by molar-refractivity contribution is 6.19. The van der Waals surface area contributed by atoms with Gasteiger partial charge in [0.1, 0.15) is 0 Å². The first-order valence-electron chi connectivity index (χ1n) is 17.9. The van der Waals surface area contributed by atoms with E-state index in [1.165, 1.54) is 60.0 Å². The summed E-state index contributed by atoms with van der Waals surface area (Å²) in [5.74, 6) is 0.724. The zero-order valence-corrected chi connectivity index (χ0v) is 28.3. The molecule has 10 aromatic rings. The lowest BCUT2D eigenvalue weighted by Crippen LogP contribution is -2.05. The molecular weight excluding hydrogens is 631 g/mol. The lowest BCUT2D eigenvalue weighted by Gasteiger charge is -2.19. The first-order valence-corrected chi connectivity index (χ1v) is 17.9. The van der Waals surface area contributed by atoms with Crippen LogP contribution in [0.4, 0.5) is 0 Å². The highest BCUT2D eigenvalue weighted by atomic mass is 15.0. The fraction of sp³-hybridized carbons (Fsp3) is 0.0204. The van der Waals surface area contributed by atoms with Gasteiger partial charge >= 0.3 is 0 Å². The van der Waals surface area contributed by atoms with Gasteiger partial charge in [-0.05, 0) is 51.0 Å². The van der Waals surface area contributed by atoms with Crippen LogP contribution in [0.15, 0.2) is 176 Å². The summed E-state index contributed by atoms with van der Waals surface area (Å²) >= 11 is 0. The summed E-state index contributed by atoms with van der Waals surface area (Å²) < 4.78 is 2.48. The minimum atomic E-state index is 0.707. The Morgan fingerprint density at radius 1 is 0.423 bits per heavy atom. The van der Waals surface area contributed by atoms with Crippen LogP contribution >= 0.6 is 0 Å². The zero-order valence-electron chi connectivity index (χ0n) is 28.3. The molecule has 1 aliphatic heterocycles. The Morgan fingerprint density at radius 3 is 1.98 bits per heavy atom. The third-order valence-corrected chi connectivity index (χ3v) is 10.8. The average Bonchev–Trinajstić information content (AvgIpc) is 3.56. The molecule has 52 heavy (non-hydrogen) atoms. The molecule has 0 saturated carbocycles. The molecule has 0 unspecified atom stereocenters. The topological polar surface area (TPSA) is 30.7 Å². The van der Waals surface area contributed by atoms with Gasteiger partial charge in [-0.15, -0.1) is 0 Å². The van der Waals surface area contributed by atoms with E-state index in [4.69, 9.17) is 9.97 Å². The minimum absolute atomic E-state index is 0.707. The Morgan fingerprint density at radius 2 is 1.10 bits per heavy atom. The van der Waals surface area contributed by atoms with Crippen LogP contribution in [0.1, 0.15) is 11.1 Å². The Kier molecular flexibility index (Phi) is 6.31. The van der Waals surface area contributed by atoms with Gasteiger partial charge in [0.25, 0.3) is 0 Å². The van der Waals surface area contributed by atoms with Crippen molar-refractivity contribution in [1.29, 1.82) is 0 Å². The predicted molar refractivity (Wildman–Crippen MR) is 216 cm³/mol. The molecule has 0 amide bonds. The molecule has 0 fully saturated rings. The summed E-state index contributed by atoms with van der Waals surface area (Å²) in [5.41, 5.74) is 13.4. The molecule has 0 atom stereocenters. The van der Waals surface area contributed by atoms with E-state index in [2.05, 4.69) is 174 Å². The third-order valence-electron chi connectivity index (χ3n) is 10.8. The van der Waals surface area contributed by atoms with E-state index in [9.17, 15) is 0 Å². The zero-order chi connectivity index (χ0) is 34.2. The lowest BCUT2D eigenvalue weighted by atomic mass is 9.92. The minimum Gasteiger partial charge on any atom is -0.308 e. The smallest absolute Gasteiger partial charge is 0.160 e. The highest BCUT2D eigenvalue weighted by Crippen LogP contribution is 2.43. The molecule has 3 nitrogen and oxygen atoms in total. The number of aromatic nitrogens is 3. The van der Waals surface area contributed by atoms with E-state index in [1.54, 1.807) is 0 Å². The molecule has 0 radical (unpaired) electrons.